The zero-order valence-electron chi connectivity index (χ0n) is 10.7. The highest BCUT2D eigenvalue weighted by Crippen LogP contribution is 2.11. The highest BCUT2D eigenvalue weighted by Gasteiger charge is 2.09. The van der Waals surface area contributed by atoms with E-state index in [-0.39, 0.29) is 0 Å². The highest BCUT2D eigenvalue weighted by atomic mass is 32.2. The molecule has 2 aromatic rings. The summed E-state index contributed by atoms with van der Waals surface area (Å²) in [6.07, 6.45) is 1.55. The van der Waals surface area contributed by atoms with Crippen molar-refractivity contribution in [2.75, 3.05) is 4.72 Å². The fourth-order valence-electron chi connectivity index (χ4n) is 1.62. The minimum atomic E-state index is -3.53. The third-order valence-corrected chi connectivity index (χ3v) is 3.48. The van der Waals surface area contributed by atoms with Gasteiger partial charge in [0.05, 0.1) is 11.1 Å². The fraction of sp³-hybridized carbons (Fsp3) is 0.154. The first-order chi connectivity index (χ1) is 8.96. The molecule has 0 aliphatic rings. The van der Waals surface area contributed by atoms with Gasteiger partial charge < -0.3 is 0 Å². The van der Waals surface area contributed by atoms with Crippen LogP contribution >= 0.6 is 0 Å². The van der Waals surface area contributed by atoms with Crippen molar-refractivity contribution in [3.05, 3.63) is 53.1 Å². The van der Waals surface area contributed by atoms with Crippen LogP contribution in [0.25, 0.3) is 6.08 Å². The van der Waals surface area contributed by atoms with Crippen molar-refractivity contribution in [2.24, 2.45) is 7.05 Å². The van der Waals surface area contributed by atoms with E-state index in [1.807, 2.05) is 30.3 Å². The summed E-state index contributed by atoms with van der Waals surface area (Å²) in [5.74, 6) is 0.440. The largest absolute Gasteiger partial charge is 0.264 e. The molecule has 0 saturated carbocycles. The Balaban J connectivity index is 2.16. The maximum absolute atomic E-state index is 11.9. The van der Waals surface area contributed by atoms with Crippen LogP contribution < -0.4 is 4.72 Å². The van der Waals surface area contributed by atoms with Gasteiger partial charge in [-0.05, 0) is 18.6 Å². The summed E-state index contributed by atoms with van der Waals surface area (Å²) in [5.41, 5.74) is 1.58. The summed E-state index contributed by atoms with van der Waals surface area (Å²) >= 11 is 0. The van der Waals surface area contributed by atoms with E-state index in [0.29, 0.717) is 5.82 Å². The average molecular weight is 277 g/mol. The van der Waals surface area contributed by atoms with Crippen molar-refractivity contribution in [2.45, 2.75) is 6.92 Å². The Bertz CT molecular complexity index is 688. The maximum Gasteiger partial charge on any atom is 0.256 e. The van der Waals surface area contributed by atoms with Crippen molar-refractivity contribution in [3.63, 3.8) is 0 Å². The van der Waals surface area contributed by atoms with Crippen LogP contribution in [0.15, 0.2) is 41.8 Å². The van der Waals surface area contributed by atoms with E-state index in [1.165, 1.54) is 4.68 Å². The van der Waals surface area contributed by atoms with Crippen LogP contribution in [0.3, 0.4) is 0 Å². The number of hydrogen-bond donors (Lipinski definition) is 1. The first-order valence-electron chi connectivity index (χ1n) is 5.73. The number of benzene rings is 1. The molecule has 0 spiro atoms. The lowest BCUT2D eigenvalue weighted by Gasteiger charge is -2.03. The Morgan fingerprint density at radius 1 is 1.26 bits per heavy atom. The standard InChI is InChI=1S/C13H15N3O2S/c1-11-10-13(16(2)14-11)15-19(17,18)9-8-12-6-4-3-5-7-12/h3-10,15H,1-2H3. The van der Waals surface area contributed by atoms with E-state index in [9.17, 15) is 8.42 Å². The minimum absolute atomic E-state index is 0.440. The van der Waals surface area contributed by atoms with Gasteiger partial charge in [-0.3, -0.25) is 9.40 Å². The summed E-state index contributed by atoms with van der Waals surface area (Å²) in [7, 11) is -1.85. The average Bonchev–Trinajstić information content (AvgIpc) is 2.66. The SMILES string of the molecule is Cc1cc(NS(=O)(=O)C=Cc2ccccc2)n(C)n1. The van der Waals surface area contributed by atoms with Gasteiger partial charge in [0.15, 0.2) is 0 Å². The Labute approximate surface area is 112 Å². The zero-order chi connectivity index (χ0) is 13.9. The molecule has 0 radical (unpaired) electrons. The van der Waals surface area contributed by atoms with Crippen LogP contribution in [0.2, 0.25) is 0 Å². The quantitative estimate of drug-likeness (QED) is 0.931. The van der Waals surface area contributed by atoms with Gasteiger partial charge in [-0.2, -0.15) is 5.10 Å². The molecule has 0 aliphatic heterocycles. The Kier molecular flexibility index (Phi) is 3.71. The minimum Gasteiger partial charge on any atom is -0.264 e. The monoisotopic (exact) mass is 277 g/mol. The van der Waals surface area contributed by atoms with Crippen LogP contribution in [-0.4, -0.2) is 18.2 Å². The predicted molar refractivity (Wildman–Crippen MR) is 76.0 cm³/mol. The molecule has 100 valence electrons. The molecule has 0 aliphatic carbocycles. The molecule has 0 atom stereocenters. The van der Waals surface area contributed by atoms with Crippen LogP contribution in [0.4, 0.5) is 5.82 Å². The molecule has 0 amide bonds. The Morgan fingerprint density at radius 2 is 1.95 bits per heavy atom. The van der Waals surface area contributed by atoms with E-state index < -0.39 is 10.0 Å². The summed E-state index contributed by atoms with van der Waals surface area (Å²) in [6.45, 7) is 1.80. The van der Waals surface area contributed by atoms with Crippen LogP contribution in [0.5, 0.6) is 0 Å². The molecule has 1 aromatic carbocycles. The van der Waals surface area contributed by atoms with Gasteiger partial charge in [0, 0.05) is 13.1 Å². The van der Waals surface area contributed by atoms with E-state index >= 15 is 0 Å². The van der Waals surface area contributed by atoms with Crippen molar-refractivity contribution >= 4 is 21.9 Å². The summed E-state index contributed by atoms with van der Waals surface area (Å²) < 4.78 is 27.7. The van der Waals surface area contributed by atoms with Gasteiger partial charge >= 0.3 is 0 Å². The molecule has 0 fully saturated rings. The molecule has 5 nitrogen and oxygen atoms in total. The van der Waals surface area contributed by atoms with Crippen molar-refractivity contribution in [3.8, 4) is 0 Å². The fourth-order valence-corrected chi connectivity index (χ4v) is 2.51. The zero-order valence-corrected chi connectivity index (χ0v) is 11.6. The number of nitrogens with zero attached hydrogens (tertiary/aromatic N) is 2. The van der Waals surface area contributed by atoms with Gasteiger partial charge in [-0.1, -0.05) is 30.3 Å². The molecular formula is C13H15N3O2S. The summed E-state index contributed by atoms with van der Waals surface area (Å²) in [5, 5.41) is 5.22. The van der Waals surface area contributed by atoms with E-state index in [4.69, 9.17) is 0 Å². The molecule has 1 N–H and O–H groups in total. The van der Waals surface area contributed by atoms with Gasteiger partial charge in [-0.25, -0.2) is 8.42 Å². The molecule has 0 unspecified atom stereocenters. The number of rotatable bonds is 4. The second-order valence-electron chi connectivity index (χ2n) is 4.16. The van der Waals surface area contributed by atoms with Gasteiger partial charge in [0.1, 0.15) is 5.82 Å². The number of aryl methyl sites for hydroxylation is 2. The van der Waals surface area contributed by atoms with E-state index in [1.54, 1.807) is 26.1 Å². The molecule has 2 rings (SSSR count). The van der Waals surface area contributed by atoms with E-state index in [0.717, 1.165) is 16.7 Å². The third kappa shape index (κ3) is 3.69. The lowest BCUT2D eigenvalue weighted by atomic mass is 10.2. The molecule has 0 saturated heterocycles. The molecule has 6 heteroatoms. The van der Waals surface area contributed by atoms with Crippen LogP contribution in [0, 0.1) is 6.92 Å². The Morgan fingerprint density at radius 3 is 2.53 bits per heavy atom. The number of hydrogen-bond acceptors (Lipinski definition) is 3. The summed E-state index contributed by atoms with van der Waals surface area (Å²) in [4.78, 5) is 0. The molecular weight excluding hydrogens is 262 g/mol. The second kappa shape index (κ2) is 5.27. The van der Waals surface area contributed by atoms with Crippen LogP contribution in [0.1, 0.15) is 11.3 Å². The first kappa shape index (κ1) is 13.4. The first-order valence-corrected chi connectivity index (χ1v) is 7.27. The van der Waals surface area contributed by atoms with Gasteiger partial charge in [0.25, 0.3) is 10.0 Å². The predicted octanol–water partition coefficient (Wildman–Crippen LogP) is 2.14. The smallest absolute Gasteiger partial charge is 0.256 e. The highest BCUT2D eigenvalue weighted by molar-refractivity contribution is 7.95. The van der Waals surface area contributed by atoms with Crippen molar-refractivity contribution < 1.29 is 8.42 Å². The molecule has 19 heavy (non-hydrogen) atoms. The van der Waals surface area contributed by atoms with Crippen molar-refractivity contribution in [1.29, 1.82) is 0 Å². The third-order valence-electron chi connectivity index (χ3n) is 2.49. The number of sulfonamides is 1. The number of anilines is 1. The van der Waals surface area contributed by atoms with E-state index in [2.05, 4.69) is 9.82 Å². The molecule has 1 heterocycles. The lowest BCUT2D eigenvalue weighted by molar-refractivity contribution is 0.608. The lowest BCUT2D eigenvalue weighted by Crippen LogP contribution is -2.11. The second-order valence-corrected chi connectivity index (χ2v) is 5.72. The Hall–Kier alpha value is -2.08. The topological polar surface area (TPSA) is 64.0 Å². The summed E-state index contributed by atoms with van der Waals surface area (Å²) in [6, 6.07) is 10.9. The number of nitrogens with one attached hydrogen (secondary N) is 1. The van der Waals surface area contributed by atoms with Gasteiger partial charge in [-0.15, -0.1) is 0 Å². The normalized spacial score (nSPS) is 11.9. The van der Waals surface area contributed by atoms with Gasteiger partial charge in [0.2, 0.25) is 0 Å². The maximum atomic E-state index is 11.9. The number of aromatic nitrogens is 2. The molecule has 1 aromatic heterocycles. The van der Waals surface area contributed by atoms with Crippen molar-refractivity contribution in [1.82, 2.24) is 9.78 Å². The molecule has 0 bridgehead atoms. The van der Waals surface area contributed by atoms with Crippen LogP contribution in [-0.2, 0) is 17.1 Å².